The van der Waals surface area contributed by atoms with Crippen molar-refractivity contribution in [2.45, 2.75) is 23.7 Å². The molecule has 3 aromatic carbocycles. The van der Waals surface area contributed by atoms with Gasteiger partial charge in [-0.25, -0.2) is 8.42 Å². The molecule has 0 heterocycles. The van der Waals surface area contributed by atoms with Crippen LogP contribution in [0, 0.1) is 0 Å². The molecule has 0 aliphatic carbocycles. The molecule has 1 amide bonds. The topological polar surface area (TPSA) is 80.5 Å². The molecule has 33 heavy (non-hydrogen) atoms. The van der Waals surface area contributed by atoms with E-state index in [9.17, 15) is 26.4 Å². The minimum absolute atomic E-state index is 0.101. The molecule has 0 saturated carbocycles. The lowest BCUT2D eigenvalue weighted by atomic mass is 10.1. The summed E-state index contributed by atoms with van der Waals surface area (Å²) in [5.41, 5.74) is 4.66. The van der Waals surface area contributed by atoms with E-state index in [2.05, 4.69) is 0 Å². The fourth-order valence-corrected chi connectivity index (χ4v) is 5.07. The number of carbonyl (C=O) groups excluding carboxylic acids is 1. The fraction of sp³-hybridized carbons (Fsp3) is 0.136. The first kappa shape index (κ1) is 25.0. The lowest BCUT2D eigenvalue weighted by Gasteiger charge is -2.30. The number of benzene rings is 3. The third kappa shape index (κ3) is 5.67. The molecule has 174 valence electrons. The SMILES string of the molecule is NC(=O)C(c1ccccc1)N(Cc1cc(C(F)(F)F)ccc1Cl)S(=O)(=O)c1ccc(Cl)cc1. The highest BCUT2D eigenvalue weighted by molar-refractivity contribution is 7.89. The third-order valence-corrected chi connectivity index (χ3v) is 7.24. The van der Waals surface area contributed by atoms with Crippen LogP contribution in [0.4, 0.5) is 13.2 Å². The summed E-state index contributed by atoms with van der Waals surface area (Å²) in [4.78, 5) is 12.2. The molecule has 5 nitrogen and oxygen atoms in total. The smallest absolute Gasteiger partial charge is 0.368 e. The van der Waals surface area contributed by atoms with Crippen molar-refractivity contribution >= 4 is 39.1 Å². The Morgan fingerprint density at radius 2 is 1.58 bits per heavy atom. The average molecular weight is 517 g/mol. The van der Waals surface area contributed by atoms with E-state index in [0.29, 0.717) is 0 Å². The number of halogens is 5. The van der Waals surface area contributed by atoms with Gasteiger partial charge in [0.25, 0.3) is 0 Å². The van der Waals surface area contributed by atoms with E-state index in [4.69, 9.17) is 28.9 Å². The van der Waals surface area contributed by atoms with Gasteiger partial charge in [-0.3, -0.25) is 4.79 Å². The van der Waals surface area contributed by atoms with Crippen molar-refractivity contribution in [1.29, 1.82) is 0 Å². The minimum atomic E-state index is -4.68. The van der Waals surface area contributed by atoms with Gasteiger partial charge >= 0.3 is 6.18 Å². The summed E-state index contributed by atoms with van der Waals surface area (Å²) in [6, 6.07) is 14.0. The fourth-order valence-electron chi connectivity index (χ4n) is 3.20. The zero-order valence-corrected chi connectivity index (χ0v) is 19.1. The Bertz CT molecular complexity index is 1250. The predicted molar refractivity (Wildman–Crippen MR) is 119 cm³/mol. The molecule has 1 unspecified atom stereocenters. The molecule has 2 N–H and O–H groups in total. The van der Waals surface area contributed by atoms with Gasteiger partial charge in [0.05, 0.1) is 10.5 Å². The standard InChI is InChI=1S/C22H17Cl2F3N2O3S/c23-17-7-9-18(10-8-17)33(31,32)29(20(21(28)30)14-4-2-1-3-5-14)13-15-12-16(22(25,26)27)6-11-19(15)24/h1-12,20H,13H2,(H2,28,30). The Labute approximate surface area is 198 Å². The van der Waals surface area contributed by atoms with E-state index in [1.54, 1.807) is 18.2 Å². The van der Waals surface area contributed by atoms with Crippen LogP contribution in [0.3, 0.4) is 0 Å². The van der Waals surface area contributed by atoms with E-state index in [-0.39, 0.29) is 26.1 Å². The summed E-state index contributed by atoms with van der Waals surface area (Å²) in [5.74, 6) is -1.01. The number of alkyl halides is 3. The summed E-state index contributed by atoms with van der Waals surface area (Å²) in [6.07, 6.45) is -4.68. The Morgan fingerprint density at radius 1 is 0.970 bits per heavy atom. The molecule has 1 atom stereocenters. The van der Waals surface area contributed by atoms with Crippen molar-refractivity contribution in [3.05, 3.63) is 99.5 Å². The van der Waals surface area contributed by atoms with Crippen molar-refractivity contribution in [3.63, 3.8) is 0 Å². The number of hydrogen-bond donors (Lipinski definition) is 1. The maximum Gasteiger partial charge on any atom is 0.416 e. The van der Waals surface area contributed by atoms with Crippen LogP contribution >= 0.6 is 23.2 Å². The zero-order chi connectivity index (χ0) is 24.4. The number of hydrogen-bond acceptors (Lipinski definition) is 3. The van der Waals surface area contributed by atoms with Crippen LogP contribution in [0.2, 0.25) is 10.0 Å². The summed E-state index contributed by atoms with van der Waals surface area (Å²) in [6.45, 7) is -0.643. The molecule has 0 aliphatic heterocycles. The van der Waals surface area contributed by atoms with Gasteiger partial charge in [0.2, 0.25) is 15.9 Å². The van der Waals surface area contributed by atoms with Crippen molar-refractivity contribution in [3.8, 4) is 0 Å². The van der Waals surface area contributed by atoms with Crippen molar-refractivity contribution in [1.82, 2.24) is 4.31 Å². The van der Waals surface area contributed by atoms with Crippen molar-refractivity contribution < 1.29 is 26.4 Å². The van der Waals surface area contributed by atoms with Crippen LogP contribution in [0.1, 0.15) is 22.7 Å². The first-order valence-corrected chi connectivity index (χ1v) is 11.6. The lowest BCUT2D eigenvalue weighted by molar-refractivity contribution is -0.137. The summed E-state index contributed by atoms with van der Waals surface area (Å²) in [5, 5.41) is 0.173. The minimum Gasteiger partial charge on any atom is -0.368 e. The lowest BCUT2D eigenvalue weighted by Crippen LogP contribution is -2.41. The van der Waals surface area contributed by atoms with Gasteiger partial charge in [0.15, 0.2) is 0 Å². The number of nitrogens with two attached hydrogens (primary N) is 1. The Kier molecular flexibility index (Phi) is 7.38. The molecule has 0 bridgehead atoms. The van der Waals surface area contributed by atoms with Crippen LogP contribution in [0.15, 0.2) is 77.7 Å². The molecule has 11 heteroatoms. The number of nitrogens with zero attached hydrogens (tertiary/aromatic N) is 1. The maximum atomic E-state index is 13.6. The Hall–Kier alpha value is -2.59. The van der Waals surface area contributed by atoms with Crippen LogP contribution < -0.4 is 5.73 Å². The second-order valence-corrected chi connectivity index (χ2v) is 9.76. The van der Waals surface area contributed by atoms with E-state index < -0.39 is 40.3 Å². The van der Waals surface area contributed by atoms with Gasteiger partial charge in [0.1, 0.15) is 6.04 Å². The highest BCUT2D eigenvalue weighted by Crippen LogP contribution is 2.35. The van der Waals surface area contributed by atoms with Crippen LogP contribution in [0.5, 0.6) is 0 Å². The normalized spacial score (nSPS) is 13.2. The van der Waals surface area contributed by atoms with E-state index in [0.717, 1.165) is 22.5 Å². The van der Waals surface area contributed by atoms with Crippen LogP contribution in [0.25, 0.3) is 0 Å². The molecule has 0 fully saturated rings. The molecule has 0 saturated heterocycles. The van der Waals surface area contributed by atoms with Crippen molar-refractivity contribution in [2.24, 2.45) is 5.73 Å². The van der Waals surface area contributed by atoms with E-state index in [1.807, 2.05) is 0 Å². The summed E-state index contributed by atoms with van der Waals surface area (Å²) < 4.78 is 67.7. The molecular formula is C22H17Cl2F3N2O3S. The van der Waals surface area contributed by atoms with Gasteiger partial charge in [-0.05, 0) is 53.6 Å². The van der Waals surface area contributed by atoms with Gasteiger partial charge in [-0.2, -0.15) is 17.5 Å². The number of sulfonamides is 1. The molecule has 3 rings (SSSR count). The first-order chi connectivity index (χ1) is 15.4. The molecule has 0 aromatic heterocycles. The first-order valence-electron chi connectivity index (χ1n) is 9.38. The number of rotatable bonds is 7. The monoisotopic (exact) mass is 516 g/mol. The Morgan fingerprint density at radius 3 is 2.12 bits per heavy atom. The van der Waals surface area contributed by atoms with E-state index >= 15 is 0 Å². The maximum absolute atomic E-state index is 13.6. The molecule has 3 aromatic rings. The second kappa shape index (κ2) is 9.72. The molecular weight excluding hydrogens is 500 g/mol. The van der Waals surface area contributed by atoms with Crippen LogP contribution in [-0.2, 0) is 27.5 Å². The van der Waals surface area contributed by atoms with Crippen molar-refractivity contribution in [2.75, 3.05) is 0 Å². The number of carbonyl (C=O) groups is 1. The molecule has 0 spiro atoms. The number of primary amides is 1. The second-order valence-electron chi connectivity index (χ2n) is 7.02. The average Bonchev–Trinajstić information content (AvgIpc) is 2.74. The highest BCUT2D eigenvalue weighted by atomic mass is 35.5. The Balaban J connectivity index is 2.20. The predicted octanol–water partition coefficient (Wildman–Crippen LogP) is 5.43. The van der Waals surface area contributed by atoms with Gasteiger partial charge in [0, 0.05) is 16.6 Å². The largest absolute Gasteiger partial charge is 0.416 e. The van der Waals surface area contributed by atoms with Gasteiger partial charge in [-0.15, -0.1) is 0 Å². The van der Waals surface area contributed by atoms with E-state index in [1.165, 1.54) is 36.4 Å². The molecule has 0 aliphatic rings. The molecule has 0 radical (unpaired) electrons. The van der Waals surface area contributed by atoms with Gasteiger partial charge in [-0.1, -0.05) is 53.5 Å². The summed E-state index contributed by atoms with van der Waals surface area (Å²) >= 11 is 12.0. The third-order valence-electron chi connectivity index (χ3n) is 4.79. The quantitative estimate of drug-likeness (QED) is 0.454. The summed E-state index contributed by atoms with van der Waals surface area (Å²) in [7, 11) is -4.44. The highest BCUT2D eigenvalue weighted by Gasteiger charge is 2.37. The van der Waals surface area contributed by atoms with Gasteiger partial charge < -0.3 is 5.73 Å². The zero-order valence-electron chi connectivity index (χ0n) is 16.8. The van der Waals surface area contributed by atoms with Crippen LogP contribution in [-0.4, -0.2) is 18.6 Å². The number of amides is 1.